The van der Waals surface area contributed by atoms with Crippen molar-refractivity contribution in [1.29, 1.82) is 0 Å². The zero-order valence-corrected chi connectivity index (χ0v) is 24.5. The summed E-state index contributed by atoms with van der Waals surface area (Å²) in [6, 6.07) is 0. The largest absolute Gasteiger partial charge is 0.403 e. The molecule has 0 aromatic carbocycles. The van der Waals surface area contributed by atoms with E-state index in [1.165, 1.54) is 21.8 Å². The number of H-pyrrole nitrogens is 1. The fourth-order valence-electron chi connectivity index (χ4n) is 5.35. The highest BCUT2D eigenvalue weighted by Crippen LogP contribution is 2.51. The first-order valence-electron chi connectivity index (χ1n) is 13.1. The first-order valence-corrected chi connectivity index (χ1v) is 16.3. The lowest BCUT2D eigenvalue weighted by Gasteiger charge is -2.26. The Bertz CT molecular complexity index is 1940. The Balaban J connectivity index is 1.21. The third-order valence-corrected chi connectivity index (χ3v) is 9.48. The summed E-state index contributed by atoms with van der Waals surface area (Å²) in [7, 11) is -9.12. The van der Waals surface area contributed by atoms with E-state index in [2.05, 4.69) is 29.9 Å². The van der Waals surface area contributed by atoms with Gasteiger partial charge in [-0.25, -0.2) is 40.1 Å². The summed E-state index contributed by atoms with van der Waals surface area (Å²) in [5, 5.41) is 22.3. The number of fused-ring (bicyclic) bond motifs is 5. The van der Waals surface area contributed by atoms with Gasteiger partial charge in [0.1, 0.15) is 48.5 Å². The van der Waals surface area contributed by atoms with Gasteiger partial charge in [-0.1, -0.05) is 0 Å². The molecule has 11 N–H and O–H groups in total. The molecule has 7 heterocycles. The second kappa shape index (κ2) is 10.8. The molecule has 4 aromatic rings. The van der Waals surface area contributed by atoms with Crippen LogP contribution < -0.4 is 28.0 Å². The minimum atomic E-state index is -4.58. The summed E-state index contributed by atoms with van der Waals surface area (Å²) >= 11 is 0. The Labute approximate surface area is 249 Å². The first-order chi connectivity index (χ1) is 21.3. The first kappa shape index (κ1) is 30.2. The minimum absolute atomic E-state index is 0.0633. The van der Waals surface area contributed by atoms with E-state index in [0.717, 1.165) is 6.33 Å². The highest BCUT2D eigenvalue weighted by molar-refractivity contribution is 7.51. The molecule has 25 heteroatoms. The summed E-state index contributed by atoms with van der Waals surface area (Å²) in [5.41, 5.74) is 22.9. The fourth-order valence-corrected chi connectivity index (χ4v) is 7.35. The maximum Gasteiger partial charge on any atom is 0.403 e. The van der Waals surface area contributed by atoms with E-state index in [1.54, 1.807) is 0 Å². The van der Waals surface area contributed by atoms with Crippen LogP contribution in [0.1, 0.15) is 12.5 Å². The Morgan fingerprint density at radius 2 is 1.44 bits per heavy atom. The minimum Gasteiger partial charge on any atom is -0.387 e. The molecule has 0 radical (unpaired) electrons. The van der Waals surface area contributed by atoms with Crippen molar-refractivity contribution in [3.8, 4) is 0 Å². The quantitative estimate of drug-likeness (QED) is 0.109. The average molecular weight is 672 g/mol. The monoisotopic (exact) mass is 672 g/mol. The summed E-state index contributed by atoms with van der Waals surface area (Å²) in [6.07, 6.45) is -7.94. The van der Waals surface area contributed by atoms with E-state index in [0.29, 0.717) is 0 Å². The van der Waals surface area contributed by atoms with Crippen molar-refractivity contribution in [2.45, 2.75) is 49.1 Å². The number of nitrogen functional groups attached to an aromatic ring is 2. The summed E-state index contributed by atoms with van der Waals surface area (Å²) in [5.74, 6) is -0.172. The zero-order valence-electron chi connectivity index (χ0n) is 22.7. The van der Waals surface area contributed by atoms with Crippen LogP contribution in [0.4, 0.5) is 11.8 Å². The molecule has 3 fully saturated rings. The van der Waals surface area contributed by atoms with Gasteiger partial charge in [0, 0.05) is 0 Å². The van der Waals surface area contributed by atoms with Gasteiger partial charge >= 0.3 is 15.5 Å². The van der Waals surface area contributed by atoms with Gasteiger partial charge in [0.25, 0.3) is 5.56 Å². The number of nitrogens with zero attached hydrogens (tertiary/aromatic N) is 7. The molecule has 0 amide bonds. The third kappa shape index (κ3) is 5.31. The van der Waals surface area contributed by atoms with Gasteiger partial charge in [0.15, 0.2) is 35.1 Å². The molecule has 0 saturated carbocycles. The van der Waals surface area contributed by atoms with Gasteiger partial charge < -0.3 is 31.2 Å². The fraction of sp³-hybridized carbons (Fsp3) is 0.500. The van der Waals surface area contributed by atoms with Gasteiger partial charge in [-0.2, -0.15) is 4.98 Å². The SMILES string of the molecule is Nc1nc2c(ncn2C2OC3COP(N)(=O)OC4C(COP(N)(=O)OC2C3O)OC(n2cnc3c(N)ncnc32)C4O)c(=O)[nH]1. The van der Waals surface area contributed by atoms with Crippen LogP contribution in [0.25, 0.3) is 22.3 Å². The number of nitrogens with one attached hydrogen (secondary N) is 1. The van der Waals surface area contributed by atoms with Crippen LogP contribution in [0, 0.1) is 0 Å². The van der Waals surface area contributed by atoms with Crippen molar-refractivity contribution in [3.63, 3.8) is 0 Å². The van der Waals surface area contributed by atoms with E-state index >= 15 is 0 Å². The number of rotatable bonds is 2. The zero-order chi connectivity index (χ0) is 31.8. The molecule has 10 unspecified atom stereocenters. The molecule has 0 aliphatic carbocycles. The highest BCUT2D eigenvalue weighted by Gasteiger charge is 2.53. The van der Waals surface area contributed by atoms with Crippen molar-refractivity contribution in [2.24, 2.45) is 11.0 Å². The van der Waals surface area contributed by atoms with Crippen LogP contribution >= 0.6 is 15.5 Å². The summed E-state index contributed by atoms with van der Waals surface area (Å²) in [6.45, 7) is -1.31. The number of aliphatic hydroxyl groups is 2. The molecule has 3 aliphatic heterocycles. The van der Waals surface area contributed by atoms with Crippen molar-refractivity contribution >= 4 is 49.6 Å². The Kier molecular flexibility index (Phi) is 7.27. The maximum absolute atomic E-state index is 13.4. The highest BCUT2D eigenvalue weighted by atomic mass is 31.2. The van der Waals surface area contributed by atoms with E-state index < -0.39 is 83.3 Å². The molecular weight excluding hydrogens is 646 g/mol. The Hall–Kier alpha value is -3.44. The molecule has 7 rings (SSSR count). The van der Waals surface area contributed by atoms with Gasteiger partial charge in [-0.3, -0.25) is 37.0 Å². The topological polar surface area (TPSA) is 341 Å². The predicted octanol–water partition coefficient (Wildman–Crippen LogP) is -2.41. The molecule has 10 atom stereocenters. The molecule has 3 aliphatic rings. The van der Waals surface area contributed by atoms with Crippen LogP contribution in [0.5, 0.6) is 0 Å². The van der Waals surface area contributed by atoms with Crippen molar-refractivity contribution in [3.05, 3.63) is 29.3 Å². The lowest BCUT2D eigenvalue weighted by Crippen LogP contribution is -2.37. The lowest BCUT2D eigenvalue weighted by molar-refractivity contribution is -0.0598. The summed E-state index contributed by atoms with van der Waals surface area (Å²) in [4.78, 5) is 34.8. The van der Waals surface area contributed by atoms with Crippen LogP contribution in [0.2, 0.25) is 0 Å². The molecule has 45 heavy (non-hydrogen) atoms. The molecule has 23 nitrogen and oxygen atoms in total. The number of anilines is 2. The number of nitrogens with two attached hydrogens (primary N) is 4. The molecule has 3 saturated heterocycles. The molecule has 4 aromatic heterocycles. The van der Waals surface area contributed by atoms with Crippen LogP contribution in [-0.4, -0.2) is 99.1 Å². The smallest absolute Gasteiger partial charge is 0.387 e. The van der Waals surface area contributed by atoms with Crippen LogP contribution in [-0.2, 0) is 36.7 Å². The number of hydrogen-bond donors (Lipinski definition) is 7. The molecular formula is C20H26N12O11P2. The van der Waals surface area contributed by atoms with E-state index in [-0.39, 0.29) is 34.1 Å². The number of aromatic nitrogens is 8. The number of aliphatic hydroxyl groups excluding tert-OH is 2. The van der Waals surface area contributed by atoms with Gasteiger partial charge in [0.2, 0.25) is 5.95 Å². The standard InChI is InChI=1S/C20H26N12O11P2/c21-14-8-15(26-3-25-14)31(4-27-8)18-11(34)12-7(41-18)2-39-45(24,37)43-13-10(33)6(1-38-44(23,36)42-12)40-19(13)32-5-28-9-16(32)29-20(22)30-17(9)35/h3-7,10-13,18-19,33-34H,1-2H2,(H2,23,36)(H2,24,37)(H2,21,25,26)(H3,22,29,30,35). The number of ether oxygens (including phenoxy) is 2. The van der Waals surface area contributed by atoms with Crippen molar-refractivity contribution in [2.75, 3.05) is 24.7 Å². The Morgan fingerprint density at radius 3 is 2.18 bits per heavy atom. The van der Waals surface area contributed by atoms with Crippen LogP contribution in [0.15, 0.2) is 23.8 Å². The van der Waals surface area contributed by atoms with Crippen molar-refractivity contribution in [1.82, 2.24) is 39.0 Å². The van der Waals surface area contributed by atoms with Gasteiger partial charge in [0.05, 0.1) is 25.9 Å². The molecule has 2 bridgehead atoms. The predicted molar refractivity (Wildman–Crippen MR) is 147 cm³/mol. The second-order valence-electron chi connectivity index (χ2n) is 10.3. The number of hydrogen-bond acceptors (Lipinski definition) is 18. The third-order valence-electron chi connectivity index (χ3n) is 7.38. The molecule has 0 spiro atoms. The normalized spacial score (nSPS) is 37.7. The van der Waals surface area contributed by atoms with Crippen LogP contribution in [0.3, 0.4) is 0 Å². The number of aromatic amines is 1. The maximum atomic E-state index is 13.4. The van der Waals surface area contributed by atoms with Gasteiger partial charge in [-0.15, -0.1) is 0 Å². The average Bonchev–Trinajstić information content (AvgIpc) is 3.72. The van der Waals surface area contributed by atoms with E-state index in [9.17, 15) is 24.1 Å². The Morgan fingerprint density at radius 1 is 0.822 bits per heavy atom. The lowest BCUT2D eigenvalue weighted by atomic mass is 10.1. The summed E-state index contributed by atoms with van der Waals surface area (Å²) < 4.78 is 62.9. The number of imidazole rings is 2. The van der Waals surface area contributed by atoms with Gasteiger partial charge in [-0.05, 0) is 0 Å². The van der Waals surface area contributed by atoms with E-state index in [4.69, 9.17) is 50.0 Å². The van der Waals surface area contributed by atoms with E-state index in [1.807, 2.05) is 0 Å². The second-order valence-corrected chi connectivity index (χ2v) is 13.4. The molecule has 242 valence electrons. The van der Waals surface area contributed by atoms with Crippen molar-refractivity contribution < 1.29 is 46.9 Å².